The Bertz CT molecular complexity index is 292. The van der Waals surface area contributed by atoms with Crippen molar-refractivity contribution in [3.8, 4) is 0 Å². The molecule has 1 aliphatic rings. The van der Waals surface area contributed by atoms with E-state index in [1.54, 1.807) is 11.3 Å². The van der Waals surface area contributed by atoms with Gasteiger partial charge in [0.1, 0.15) is 0 Å². The molecule has 1 unspecified atom stereocenters. The van der Waals surface area contributed by atoms with Gasteiger partial charge < -0.3 is 5.32 Å². The summed E-state index contributed by atoms with van der Waals surface area (Å²) in [5.41, 5.74) is 0.314. The van der Waals surface area contributed by atoms with Crippen molar-refractivity contribution < 1.29 is 0 Å². The van der Waals surface area contributed by atoms with Crippen LogP contribution < -0.4 is 5.32 Å². The quantitative estimate of drug-likeness (QED) is 0.849. The zero-order chi connectivity index (χ0) is 9.31. The second kappa shape index (κ2) is 4.84. The van der Waals surface area contributed by atoms with Gasteiger partial charge in [-0.05, 0) is 44.9 Å². The zero-order valence-electron chi connectivity index (χ0n) is 8.18. The molecule has 1 atom stereocenters. The van der Waals surface area contributed by atoms with Crippen LogP contribution in [0.3, 0.4) is 0 Å². The van der Waals surface area contributed by atoms with Gasteiger partial charge in [0.05, 0.1) is 4.34 Å². The van der Waals surface area contributed by atoms with Crippen LogP contribution in [0.15, 0.2) is 12.1 Å². The Hall–Kier alpha value is 0.240. The first-order valence-electron chi connectivity index (χ1n) is 4.67. The van der Waals surface area contributed by atoms with Gasteiger partial charge in [-0.15, -0.1) is 23.7 Å². The minimum absolute atomic E-state index is 0. The summed E-state index contributed by atoms with van der Waals surface area (Å²) in [6, 6.07) is 4.12. The number of halogens is 2. The lowest BCUT2D eigenvalue weighted by atomic mass is 9.95. The average molecular weight is 252 g/mol. The first-order valence-corrected chi connectivity index (χ1v) is 5.87. The van der Waals surface area contributed by atoms with Crippen molar-refractivity contribution in [1.82, 2.24) is 5.32 Å². The standard InChI is InChI=1S/C10H14ClNS.ClH/c1-10(5-2-6-12-10)7-8-3-4-9(11)13-8;/h3-4,12H,2,5-7H2,1H3;1H. The molecule has 0 radical (unpaired) electrons. The predicted molar refractivity (Wildman–Crippen MR) is 65.9 cm³/mol. The number of hydrogen-bond acceptors (Lipinski definition) is 2. The average Bonchev–Trinajstić information content (AvgIpc) is 2.62. The fourth-order valence-corrected chi connectivity index (χ4v) is 3.21. The number of nitrogens with one attached hydrogen (secondary N) is 1. The lowest BCUT2D eigenvalue weighted by molar-refractivity contribution is 0.415. The summed E-state index contributed by atoms with van der Waals surface area (Å²) >= 11 is 7.59. The van der Waals surface area contributed by atoms with Gasteiger partial charge in [0.25, 0.3) is 0 Å². The Morgan fingerprint density at radius 1 is 1.57 bits per heavy atom. The monoisotopic (exact) mass is 251 g/mol. The van der Waals surface area contributed by atoms with Gasteiger partial charge in [0, 0.05) is 10.4 Å². The van der Waals surface area contributed by atoms with Gasteiger partial charge in [0.2, 0.25) is 0 Å². The lowest BCUT2D eigenvalue weighted by Crippen LogP contribution is -2.38. The highest BCUT2D eigenvalue weighted by molar-refractivity contribution is 7.16. The third kappa shape index (κ3) is 2.86. The fraction of sp³-hybridized carbons (Fsp3) is 0.600. The summed E-state index contributed by atoms with van der Waals surface area (Å²) in [5, 5.41) is 3.55. The van der Waals surface area contributed by atoms with Gasteiger partial charge in [-0.3, -0.25) is 0 Å². The van der Waals surface area contributed by atoms with Crippen LogP contribution in [-0.4, -0.2) is 12.1 Å². The SMILES string of the molecule is CC1(Cc2ccc(Cl)s2)CCCN1.Cl. The van der Waals surface area contributed by atoms with E-state index in [2.05, 4.69) is 18.3 Å². The zero-order valence-corrected chi connectivity index (χ0v) is 10.6. The molecule has 0 aromatic carbocycles. The lowest BCUT2D eigenvalue weighted by Gasteiger charge is -2.23. The molecule has 2 rings (SSSR count). The van der Waals surface area contributed by atoms with Gasteiger partial charge in [-0.2, -0.15) is 0 Å². The van der Waals surface area contributed by atoms with Crippen molar-refractivity contribution in [2.45, 2.75) is 31.7 Å². The molecular formula is C10H15Cl2NS. The van der Waals surface area contributed by atoms with Gasteiger partial charge in [0.15, 0.2) is 0 Å². The molecule has 80 valence electrons. The molecule has 1 N–H and O–H groups in total. The van der Waals surface area contributed by atoms with E-state index in [9.17, 15) is 0 Å². The van der Waals surface area contributed by atoms with Crippen molar-refractivity contribution in [2.24, 2.45) is 0 Å². The maximum absolute atomic E-state index is 5.89. The highest BCUT2D eigenvalue weighted by Gasteiger charge is 2.28. The van der Waals surface area contributed by atoms with E-state index in [1.165, 1.54) is 17.7 Å². The van der Waals surface area contributed by atoms with Crippen molar-refractivity contribution in [2.75, 3.05) is 6.54 Å². The molecule has 1 aromatic heterocycles. The maximum Gasteiger partial charge on any atom is 0.0931 e. The van der Waals surface area contributed by atoms with Crippen LogP contribution in [0.4, 0.5) is 0 Å². The minimum atomic E-state index is 0. The third-order valence-electron chi connectivity index (χ3n) is 2.65. The van der Waals surface area contributed by atoms with Crippen LogP contribution in [0.25, 0.3) is 0 Å². The number of rotatable bonds is 2. The topological polar surface area (TPSA) is 12.0 Å². The van der Waals surface area contributed by atoms with E-state index >= 15 is 0 Å². The first kappa shape index (κ1) is 12.3. The molecule has 1 saturated heterocycles. The second-order valence-electron chi connectivity index (χ2n) is 3.97. The smallest absolute Gasteiger partial charge is 0.0931 e. The van der Waals surface area contributed by atoms with Gasteiger partial charge >= 0.3 is 0 Å². The molecule has 1 aliphatic heterocycles. The Kier molecular flexibility index (Phi) is 4.26. The molecule has 0 saturated carbocycles. The van der Waals surface area contributed by atoms with Gasteiger partial charge in [-0.1, -0.05) is 11.6 Å². The summed E-state index contributed by atoms with van der Waals surface area (Å²) in [6.45, 7) is 3.46. The molecule has 1 fully saturated rings. The Morgan fingerprint density at radius 2 is 2.36 bits per heavy atom. The Balaban J connectivity index is 0.000000980. The van der Waals surface area contributed by atoms with Crippen LogP contribution in [-0.2, 0) is 6.42 Å². The Labute approximate surface area is 100 Å². The molecule has 0 aliphatic carbocycles. The van der Waals surface area contributed by atoms with Crippen molar-refractivity contribution in [3.63, 3.8) is 0 Å². The van der Waals surface area contributed by atoms with Gasteiger partial charge in [-0.25, -0.2) is 0 Å². The summed E-state index contributed by atoms with van der Waals surface area (Å²) in [6.07, 6.45) is 3.70. The van der Waals surface area contributed by atoms with E-state index in [1.807, 2.05) is 6.07 Å². The normalized spacial score (nSPS) is 26.1. The van der Waals surface area contributed by atoms with Crippen LogP contribution in [0.2, 0.25) is 4.34 Å². The summed E-state index contributed by atoms with van der Waals surface area (Å²) < 4.78 is 0.900. The van der Waals surface area contributed by atoms with E-state index in [0.29, 0.717) is 5.54 Å². The van der Waals surface area contributed by atoms with Crippen LogP contribution in [0.5, 0.6) is 0 Å². The molecule has 0 spiro atoms. The second-order valence-corrected chi connectivity index (χ2v) is 5.77. The van der Waals surface area contributed by atoms with E-state index in [0.717, 1.165) is 17.3 Å². The highest BCUT2D eigenvalue weighted by atomic mass is 35.5. The first-order chi connectivity index (χ1) is 6.18. The molecular weight excluding hydrogens is 237 g/mol. The molecule has 1 aromatic rings. The maximum atomic E-state index is 5.89. The van der Waals surface area contributed by atoms with Crippen LogP contribution in [0.1, 0.15) is 24.6 Å². The van der Waals surface area contributed by atoms with Crippen molar-refractivity contribution in [1.29, 1.82) is 0 Å². The van der Waals surface area contributed by atoms with Crippen molar-refractivity contribution in [3.05, 3.63) is 21.3 Å². The highest BCUT2D eigenvalue weighted by Crippen LogP contribution is 2.28. The van der Waals surface area contributed by atoms with Crippen molar-refractivity contribution >= 4 is 35.3 Å². The predicted octanol–water partition coefficient (Wildman–Crippen LogP) is 3.51. The molecule has 2 heterocycles. The largest absolute Gasteiger partial charge is 0.311 e. The third-order valence-corrected chi connectivity index (χ3v) is 3.88. The van der Waals surface area contributed by atoms with E-state index in [-0.39, 0.29) is 12.4 Å². The number of thiophene rings is 1. The molecule has 1 nitrogen and oxygen atoms in total. The summed E-state index contributed by atoms with van der Waals surface area (Å²) in [7, 11) is 0. The molecule has 14 heavy (non-hydrogen) atoms. The fourth-order valence-electron chi connectivity index (χ4n) is 1.94. The Morgan fingerprint density at radius 3 is 2.86 bits per heavy atom. The molecule has 0 bridgehead atoms. The number of hydrogen-bond donors (Lipinski definition) is 1. The summed E-state index contributed by atoms with van der Waals surface area (Å²) in [5.74, 6) is 0. The summed E-state index contributed by atoms with van der Waals surface area (Å²) in [4.78, 5) is 1.39. The minimum Gasteiger partial charge on any atom is -0.311 e. The van der Waals surface area contributed by atoms with E-state index in [4.69, 9.17) is 11.6 Å². The van der Waals surface area contributed by atoms with E-state index < -0.39 is 0 Å². The van der Waals surface area contributed by atoms with Crippen LogP contribution in [0, 0.1) is 0 Å². The van der Waals surface area contributed by atoms with Crippen LogP contribution >= 0.6 is 35.3 Å². The molecule has 4 heteroatoms. The molecule has 0 amide bonds.